The molecular weight excluding hydrogens is 326 g/mol. The van der Waals surface area contributed by atoms with Crippen LogP contribution in [-0.4, -0.2) is 34.4 Å². The normalized spacial score (nSPS) is 16.6. The van der Waals surface area contributed by atoms with Gasteiger partial charge in [-0.15, -0.1) is 0 Å². The fourth-order valence-corrected chi connectivity index (χ4v) is 3.08. The van der Waals surface area contributed by atoms with Gasteiger partial charge in [0.2, 0.25) is 0 Å². The molecule has 0 unspecified atom stereocenters. The van der Waals surface area contributed by atoms with Crippen LogP contribution in [-0.2, 0) is 14.9 Å². The van der Waals surface area contributed by atoms with E-state index in [0.29, 0.717) is 5.56 Å². The first kappa shape index (κ1) is 18.3. The summed E-state index contributed by atoms with van der Waals surface area (Å²) in [6.45, 7) is 8.15. The Balaban J connectivity index is 2.24. The van der Waals surface area contributed by atoms with Crippen molar-refractivity contribution in [3.05, 3.63) is 46.7 Å². The summed E-state index contributed by atoms with van der Waals surface area (Å²) in [5.74, 6) is -0.999. The SMILES string of the molecule is CCOC(=O)C1=C(O)CSC1=NC(=O)c1ccc(C(C)(C)C)cc1. The number of carbonyl (C=O) groups excluding carboxylic acids is 2. The van der Waals surface area contributed by atoms with Crippen molar-refractivity contribution < 1.29 is 19.4 Å². The lowest BCUT2D eigenvalue weighted by atomic mass is 9.87. The molecule has 0 saturated carbocycles. The molecule has 128 valence electrons. The summed E-state index contributed by atoms with van der Waals surface area (Å²) in [5.41, 5.74) is 1.54. The molecule has 0 aromatic heterocycles. The number of amides is 1. The van der Waals surface area contributed by atoms with E-state index in [1.54, 1.807) is 19.1 Å². The second-order valence-electron chi connectivity index (χ2n) is 6.38. The van der Waals surface area contributed by atoms with Gasteiger partial charge in [0, 0.05) is 5.56 Å². The molecule has 0 aliphatic carbocycles. The lowest BCUT2D eigenvalue weighted by molar-refractivity contribution is -0.138. The number of aliphatic hydroxyl groups is 1. The molecule has 1 amide bonds. The zero-order valence-corrected chi connectivity index (χ0v) is 15.1. The molecule has 24 heavy (non-hydrogen) atoms. The van der Waals surface area contributed by atoms with Crippen LogP contribution < -0.4 is 0 Å². The van der Waals surface area contributed by atoms with Crippen LogP contribution in [0.15, 0.2) is 40.6 Å². The summed E-state index contributed by atoms with van der Waals surface area (Å²) in [4.78, 5) is 28.2. The summed E-state index contributed by atoms with van der Waals surface area (Å²) in [6.07, 6.45) is 0. The fourth-order valence-electron chi connectivity index (χ4n) is 2.17. The van der Waals surface area contributed by atoms with Gasteiger partial charge in [-0.3, -0.25) is 4.79 Å². The third-order valence-electron chi connectivity index (χ3n) is 3.53. The average molecular weight is 347 g/mol. The Hall–Kier alpha value is -2.08. The van der Waals surface area contributed by atoms with Crippen molar-refractivity contribution in [2.75, 3.05) is 12.4 Å². The van der Waals surface area contributed by atoms with Gasteiger partial charge in [0.25, 0.3) is 5.91 Å². The number of hydrogen-bond acceptors (Lipinski definition) is 5. The number of ether oxygens (including phenoxy) is 1. The van der Waals surface area contributed by atoms with Gasteiger partial charge in [-0.05, 0) is 30.0 Å². The second-order valence-corrected chi connectivity index (χ2v) is 7.34. The van der Waals surface area contributed by atoms with Crippen LogP contribution in [0.25, 0.3) is 0 Å². The molecule has 1 aliphatic rings. The van der Waals surface area contributed by atoms with Crippen LogP contribution in [0.2, 0.25) is 0 Å². The molecule has 0 bridgehead atoms. The molecule has 0 radical (unpaired) electrons. The Morgan fingerprint density at radius 3 is 2.42 bits per heavy atom. The highest BCUT2D eigenvalue weighted by Gasteiger charge is 2.30. The van der Waals surface area contributed by atoms with E-state index in [9.17, 15) is 14.7 Å². The maximum atomic E-state index is 12.3. The Bertz CT molecular complexity index is 712. The Labute approximate surface area is 145 Å². The third-order valence-corrected chi connectivity index (χ3v) is 4.52. The topological polar surface area (TPSA) is 76.0 Å². The van der Waals surface area contributed by atoms with Gasteiger partial charge in [-0.25, -0.2) is 9.79 Å². The summed E-state index contributed by atoms with van der Waals surface area (Å²) < 4.78 is 4.90. The van der Waals surface area contributed by atoms with Crippen molar-refractivity contribution in [3.8, 4) is 0 Å². The molecule has 1 N–H and O–H groups in total. The number of rotatable bonds is 3. The average Bonchev–Trinajstić information content (AvgIpc) is 2.87. The van der Waals surface area contributed by atoms with E-state index in [2.05, 4.69) is 25.8 Å². The van der Waals surface area contributed by atoms with E-state index in [-0.39, 0.29) is 34.2 Å². The van der Waals surface area contributed by atoms with Gasteiger partial charge in [-0.1, -0.05) is 44.7 Å². The molecule has 6 heteroatoms. The lowest BCUT2D eigenvalue weighted by Gasteiger charge is -2.18. The van der Waals surface area contributed by atoms with E-state index < -0.39 is 11.9 Å². The van der Waals surface area contributed by atoms with Crippen LogP contribution in [0.3, 0.4) is 0 Å². The van der Waals surface area contributed by atoms with Gasteiger partial charge in [0.05, 0.1) is 12.4 Å². The molecule has 2 rings (SSSR count). The summed E-state index contributed by atoms with van der Waals surface area (Å²) in [7, 11) is 0. The zero-order chi connectivity index (χ0) is 17.9. The van der Waals surface area contributed by atoms with Crippen molar-refractivity contribution >= 4 is 28.7 Å². The molecular formula is C18H21NO4S. The highest BCUT2D eigenvalue weighted by molar-refractivity contribution is 8.15. The quantitative estimate of drug-likeness (QED) is 0.845. The number of aliphatic imine (C=N–C) groups is 1. The largest absolute Gasteiger partial charge is 0.510 e. The van der Waals surface area contributed by atoms with E-state index in [4.69, 9.17) is 4.74 Å². The molecule has 0 saturated heterocycles. The maximum Gasteiger partial charge on any atom is 0.344 e. The Morgan fingerprint density at radius 2 is 1.88 bits per heavy atom. The predicted octanol–water partition coefficient (Wildman–Crippen LogP) is 3.64. The first-order chi connectivity index (χ1) is 11.2. The first-order valence-electron chi connectivity index (χ1n) is 7.70. The molecule has 5 nitrogen and oxygen atoms in total. The van der Waals surface area contributed by atoms with Gasteiger partial charge in [0.1, 0.15) is 16.4 Å². The number of thioether (sulfide) groups is 1. The highest BCUT2D eigenvalue weighted by Crippen LogP contribution is 2.28. The standard InChI is InChI=1S/C18H21NO4S/c1-5-23-17(22)14-13(20)10-24-16(14)19-15(21)11-6-8-12(9-7-11)18(2,3)4/h6-9,20H,5,10H2,1-4H3. The van der Waals surface area contributed by atoms with Crippen LogP contribution in [0.1, 0.15) is 43.6 Å². The molecule has 0 fully saturated rings. The van der Waals surface area contributed by atoms with Crippen molar-refractivity contribution in [1.82, 2.24) is 0 Å². The fraction of sp³-hybridized carbons (Fsp3) is 0.389. The number of hydrogen-bond donors (Lipinski definition) is 1. The predicted molar refractivity (Wildman–Crippen MR) is 95.7 cm³/mol. The molecule has 1 aromatic rings. The monoisotopic (exact) mass is 347 g/mol. The number of aliphatic hydroxyl groups excluding tert-OH is 1. The number of esters is 1. The summed E-state index contributed by atoms with van der Waals surface area (Å²) in [5, 5.41) is 10.0. The maximum absolute atomic E-state index is 12.3. The zero-order valence-electron chi connectivity index (χ0n) is 14.3. The minimum atomic E-state index is -0.658. The van der Waals surface area contributed by atoms with Gasteiger partial charge in [0.15, 0.2) is 0 Å². The van der Waals surface area contributed by atoms with Crippen LogP contribution >= 0.6 is 11.8 Å². The van der Waals surface area contributed by atoms with Crippen molar-refractivity contribution in [1.29, 1.82) is 0 Å². The van der Waals surface area contributed by atoms with Crippen LogP contribution in [0.5, 0.6) is 0 Å². The van der Waals surface area contributed by atoms with Gasteiger partial charge < -0.3 is 9.84 Å². The molecule has 0 atom stereocenters. The molecule has 0 spiro atoms. The Kier molecular flexibility index (Phi) is 5.49. The van der Waals surface area contributed by atoms with Crippen molar-refractivity contribution in [3.63, 3.8) is 0 Å². The third kappa shape index (κ3) is 4.06. The van der Waals surface area contributed by atoms with Gasteiger partial charge in [-0.2, -0.15) is 0 Å². The van der Waals surface area contributed by atoms with E-state index in [1.165, 1.54) is 0 Å². The Morgan fingerprint density at radius 1 is 1.25 bits per heavy atom. The molecule has 1 heterocycles. The minimum Gasteiger partial charge on any atom is -0.510 e. The van der Waals surface area contributed by atoms with Crippen LogP contribution in [0, 0.1) is 0 Å². The van der Waals surface area contributed by atoms with E-state index in [0.717, 1.165) is 17.3 Å². The van der Waals surface area contributed by atoms with E-state index in [1.807, 2.05) is 12.1 Å². The minimum absolute atomic E-state index is 0.000379. The van der Waals surface area contributed by atoms with Gasteiger partial charge >= 0.3 is 5.97 Å². The van der Waals surface area contributed by atoms with Crippen molar-refractivity contribution in [2.24, 2.45) is 4.99 Å². The molecule has 1 aromatic carbocycles. The smallest absolute Gasteiger partial charge is 0.344 e. The second kappa shape index (κ2) is 7.21. The highest BCUT2D eigenvalue weighted by atomic mass is 32.2. The number of nitrogens with zero attached hydrogens (tertiary/aromatic N) is 1. The summed E-state index contributed by atoms with van der Waals surface area (Å²) >= 11 is 1.15. The van der Waals surface area contributed by atoms with Crippen molar-refractivity contribution in [2.45, 2.75) is 33.1 Å². The number of carbonyl (C=O) groups is 2. The lowest BCUT2D eigenvalue weighted by Crippen LogP contribution is -2.14. The summed E-state index contributed by atoms with van der Waals surface area (Å²) in [6, 6.07) is 7.24. The first-order valence-corrected chi connectivity index (χ1v) is 8.68. The number of benzene rings is 1. The van der Waals surface area contributed by atoms with Crippen LogP contribution in [0.4, 0.5) is 0 Å². The van der Waals surface area contributed by atoms with E-state index >= 15 is 0 Å². The molecule has 1 aliphatic heterocycles.